The highest BCUT2D eigenvalue weighted by Crippen LogP contribution is 2.27. The Morgan fingerprint density at radius 3 is 2.48 bits per heavy atom. The highest BCUT2D eigenvalue weighted by Gasteiger charge is 2.26. The first-order chi connectivity index (χ1) is 15.9. The lowest BCUT2D eigenvalue weighted by molar-refractivity contribution is 0.0690. The lowest BCUT2D eigenvalue weighted by atomic mass is 10.0. The Balaban J connectivity index is 1.76. The zero-order valence-corrected chi connectivity index (χ0v) is 18.7. The van der Waals surface area contributed by atoms with Gasteiger partial charge in [-0.2, -0.15) is 0 Å². The van der Waals surface area contributed by atoms with Crippen molar-refractivity contribution in [2.45, 2.75) is 26.4 Å². The van der Waals surface area contributed by atoms with Crippen molar-refractivity contribution in [1.82, 2.24) is 14.9 Å². The maximum Gasteiger partial charge on any atom is 0.258 e. The van der Waals surface area contributed by atoms with Gasteiger partial charge in [0, 0.05) is 37.4 Å². The summed E-state index contributed by atoms with van der Waals surface area (Å²) in [5.74, 6) is -1.81. The predicted molar refractivity (Wildman–Crippen MR) is 122 cm³/mol. The number of amides is 1. The molecule has 2 aromatic carbocycles. The maximum atomic E-state index is 14.1. The van der Waals surface area contributed by atoms with E-state index in [1.807, 2.05) is 49.1 Å². The molecule has 0 radical (unpaired) electrons. The number of carbonyl (C=O) groups excluding carboxylic acids is 1. The molecule has 8 heteroatoms. The van der Waals surface area contributed by atoms with E-state index in [-0.39, 0.29) is 23.2 Å². The summed E-state index contributed by atoms with van der Waals surface area (Å²) < 4.78 is 33.1. The van der Waals surface area contributed by atoms with Crippen LogP contribution < -0.4 is 4.90 Å². The minimum Gasteiger partial charge on any atom is -0.378 e. The maximum absolute atomic E-state index is 14.1. The second-order valence-electron chi connectivity index (χ2n) is 8.17. The summed E-state index contributed by atoms with van der Waals surface area (Å²) in [4.78, 5) is 26.4. The highest BCUT2D eigenvalue weighted by atomic mass is 19.2. The van der Waals surface area contributed by atoms with Gasteiger partial charge >= 0.3 is 0 Å². The van der Waals surface area contributed by atoms with Gasteiger partial charge in [0.15, 0.2) is 11.6 Å². The van der Waals surface area contributed by atoms with Gasteiger partial charge in [-0.15, -0.1) is 0 Å². The molecule has 1 fully saturated rings. The fraction of sp³-hybridized carbons (Fsp3) is 0.320. The Morgan fingerprint density at radius 2 is 1.82 bits per heavy atom. The molecule has 2 heterocycles. The third kappa shape index (κ3) is 5.17. The van der Waals surface area contributed by atoms with E-state index in [1.165, 1.54) is 12.3 Å². The van der Waals surface area contributed by atoms with Gasteiger partial charge in [0.25, 0.3) is 5.91 Å². The average molecular weight is 453 g/mol. The molecule has 172 valence electrons. The van der Waals surface area contributed by atoms with Crippen LogP contribution in [0.4, 0.5) is 14.7 Å². The molecular weight excluding hydrogens is 426 g/mol. The predicted octanol–water partition coefficient (Wildman–Crippen LogP) is 4.31. The fourth-order valence-corrected chi connectivity index (χ4v) is 3.73. The Hall–Kier alpha value is -3.39. The van der Waals surface area contributed by atoms with Crippen LogP contribution in [0, 0.1) is 11.6 Å². The Morgan fingerprint density at radius 1 is 1.09 bits per heavy atom. The van der Waals surface area contributed by atoms with Crippen LogP contribution in [0.25, 0.3) is 11.3 Å². The number of hydrogen-bond donors (Lipinski definition) is 0. The molecule has 0 bridgehead atoms. The van der Waals surface area contributed by atoms with Crippen molar-refractivity contribution in [3.8, 4) is 11.3 Å². The highest BCUT2D eigenvalue weighted by molar-refractivity contribution is 6.00. The molecule has 3 aromatic rings. The number of rotatable bonds is 6. The Labute approximate surface area is 191 Å². The van der Waals surface area contributed by atoms with Crippen LogP contribution in [0.5, 0.6) is 0 Å². The summed E-state index contributed by atoms with van der Waals surface area (Å²) in [6.45, 7) is 6.57. The van der Waals surface area contributed by atoms with Crippen molar-refractivity contribution in [3.63, 3.8) is 0 Å². The van der Waals surface area contributed by atoms with Crippen LogP contribution in [0.15, 0.2) is 54.7 Å². The van der Waals surface area contributed by atoms with Crippen LogP contribution in [0.3, 0.4) is 0 Å². The molecule has 1 aromatic heterocycles. The molecule has 0 saturated carbocycles. The van der Waals surface area contributed by atoms with E-state index in [1.54, 1.807) is 4.90 Å². The first-order valence-corrected chi connectivity index (χ1v) is 10.9. The number of carbonyl (C=O) groups is 1. The van der Waals surface area contributed by atoms with Crippen LogP contribution in [-0.2, 0) is 11.3 Å². The molecule has 1 amide bonds. The third-order valence-corrected chi connectivity index (χ3v) is 5.57. The summed E-state index contributed by atoms with van der Waals surface area (Å²) in [7, 11) is 0. The van der Waals surface area contributed by atoms with E-state index >= 15 is 0 Å². The number of anilines is 1. The minimum atomic E-state index is -0.998. The van der Waals surface area contributed by atoms with Crippen molar-refractivity contribution in [2.24, 2.45) is 0 Å². The monoisotopic (exact) mass is 452 g/mol. The van der Waals surface area contributed by atoms with Gasteiger partial charge < -0.3 is 14.5 Å². The standard InChI is InChI=1S/C25H26F2N4O2/c1-17(2)31(16-18-6-4-3-5-7-18)24(32)20-15-28-25(30-10-12-33-13-11-30)29-23(20)19-8-9-21(26)22(27)14-19/h3-9,14-15,17H,10-13,16H2,1-2H3. The zero-order valence-electron chi connectivity index (χ0n) is 18.7. The van der Waals surface area contributed by atoms with E-state index in [2.05, 4.69) is 9.97 Å². The van der Waals surface area contributed by atoms with E-state index in [0.29, 0.717) is 44.4 Å². The quantitative estimate of drug-likeness (QED) is 0.558. The molecule has 1 saturated heterocycles. The van der Waals surface area contributed by atoms with Gasteiger partial charge in [0.05, 0.1) is 24.5 Å². The normalized spacial score (nSPS) is 13.9. The lowest BCUT2D eigenvalue weighted by Gasteiger charge is -2.29. The van der Waals surface area contributed by atoms with Gasteiger partial charge in [-0.25, -0.2) is 18.7 Å². The van der Waals surface area contributed by atoms with Crippen LogP contribution >= 0.6 is 0 Å². The molecule has 0 atom stereocenters. The Kier molecular flexibility index (Phi) is 6.93. The van der Waals surface area contributed by atoms with E-state index in [9.17, 15) is 13.6 Å². The first kappa shape index (κ1) is 22.8. The Bertz CT molecular complexity index is 1120. The second-order valence-corrected chi connectivity index (χ2v) is 8.17. The summed E-state index contributed by atoms with van der Waals surface area (Å²) in [6, 6.07) is 13.1. The second kappa shape index (κ2) is 10.0. The number of morpholine rings is 1. The van der Waals surface area contributed by atoms with Crippen LogP contribution in [-0.4, -0.2) is 53.1 Å². The van der Waals surface area contributed by atoms with Crippen molar-refractivity contribution < 1.29 is 18.3 Å². The average Bonchev–Trinajstić information content (AvgIpc) is 2.84. The van der Waals surface area contributed by atoms with Crippen molar-refractivity contribution in [1.29, 1.82) is 0 Å². The van der Waals surface area contributed by atoms with Gasteiger partial charge in [0.1, 0.15) is 0 Å². The SMILES string of the molecule is CC(C)N(Cc1ccccc1)C(=O)c1cnc(N2CCOCC2)nc1-c1ccc(F)c(F)c1. The molecule has 33 heavy (non-hydrogen) atoms. The number of benzene rings is 2. The smallest absolute Gasteiger partial charge is 0.258 e. The molecule has 0 unspecified atom stereocenters. The van der Waals surface area contributed by atoms with Crippen molar-refractivity contribution in [2.75, 3.05) is 31.2 Å². The number of halogens is 2. The van der Waals surface area contributed by atoms with Crippen molar-refractivity contribution in [3.05, 3.63) is 77.5 Å². The van der Waals surface area contributed by atoms with E-state index in [4.69, 9.17) is 4.74 Å². The van der Waals surface area contributed by atoms with E-state index in [0.717, 1.165) is 17.7 Å². The van der Waals surface area contributed by atoms with Crippen LogP contribution in [0.1, 0.15) is 29.8 Å². The molecular formula is C25H26F2N4O2. The van der Waals surface area contributed by atoms with Crippen LogP contribution in [0.2, 0.25) is 0 Å². The molecule has 0 N–H and O–H groups in total. The van der Waals surface area contributed by atoms with Crippen molar-refractivity contribution >= 4 is 11.9 Å². The third-order valence-electron chi connectivity index (χ3n) is 5.57. The molecule has 6 nitrogen and oxygen atoms in total. The summed E-state index contributed by atoms with van der Waals surface area (Å²) >= 11 is 0. The number of nitrogens with zero attached hydrogens (tertiary/aromatic N) is 4. The molecule has 0 aliphatic carbocycles. The molecule has 0 spiro atoms. The van der Waals surface area contributed by atoms with Gasteiger partial charge in [-0.1, -0.05) is 30.3 Å². The molecule has 4 rings (SSSR count). The first-order valence-electron chi connectivity index (χ1n) is 10.9. The molecule has 1 aliphatic rings. The topological polar surface area (TPSA) is 58.6 Å². The summed E-state index contributed by atoms with van der Waals surface area (Å²) in [6.07, 6.45) is 1.48. The summed E-state index contributed by atoms with van der Waals surface area (Å²) in [5.41, 5.74) is 1.81. The number of aromatic nitrogens is 2. The fourth-order valence-electron chi connectivity index (χ4n) is 3.73. The number of hydrogen-bond acceptors (Lipinski definition) is 5. The van der Waals surface area contributed by atoms with E-state index < -0.39 is 11.6 Å². The van der Waals surface area contributed by atoms with Gasteiger partial charge in [-0.05, 0) is 37.6 Å². The largest absolute Gasteiger partial charge is 0.378 e. The van der Waals surface area contributed by atoms with Gasteiger partial charge in [0.2, 0.25) is 5.95 Å². The van der Waals surface area contributed by atoms with Gasteiger partial charge in [-0.3, -0.25) is 4.79 Å². The number of ether oxygens (including phenoxy) is 1. The molecule has 1 aliphatic heterocycles. The summed E-state index contributed by atoms with van der Waals surface area (Å²) in [5, 5.41) is 0. The lowest BCUT2D eigenvalue weighted by Crippen LogP contribution is -2.38. The minimum absolute atomic E-state index is 0.102. The zero-order chi connectivity index (χ0) is 23.4.